The number of halogens is 4. The predicted molar refractivity (Wildman–Crippen MR) is 79.3 cm³/mol. The van der Waals surface area contributed by atoms with Gasteiger partial charge in [0.1, 0.15) is 11.9 Å². The summed E-state index contributed by atoms with van der Waals surface area (Å²) in [5.74, 6) is -2.57. The molecule has 0 aliphatic heterocycles. The van der Waals surface area contributed by atoms with E-state index in [1.165, 1.54) is 0 Å². The molecule has 0 fully saturated rings. The number of aryl methyl sites for hydroxylation is 1. The predicted octanol–water partition coefficient (Wildman–Crippen LogP) is 2.84. The molecule has 0 bridgehead atoms. The van der Waals surface area contributed by atoms with Crippen LogP contribution >= 0.6 is 0 Å². The van der Waals surface area contributed by atoms with Crippen molar-refractivity contribution in [3.63, 3.8) is 0 Å². The van der Waals surface area contributed by atoms with Gasteiger partial charge in [0.2, 0.25) is 0 Å². The summed E-state index contributed by atoms with van der Waals surface area (Å²) < 4.78 is 51.4. The van der Waals surface area contributed by atoms with Crippen LogP contribution in [-0.2, 0) is 23.8 Å². The van der Waals surface area contributed by atoms with E-state index in [1.807, 2.05) is 0 Å². The number of aliphatic carboxylic acids is 1. The molecule has 5 nitrogen and oxygen atoms in total. The number of alkyl halides is 3. The first kappa shape index (κ1) is 17.4. The monoisotopic (exact) mass is 357 g/mol. The molecule has 0 spiro atoms. The number of benzene rings is 1. The van der Waals surface area contributed by atoms with E-state index in [9.17, 15) is 27.5 Å². The maximum atomic E-state index is 13.7. The van der Waals surface area contributed by atoms with Crippen LogP contribution < -0.4 is 5.32 Å². The molecule has 0 radical (unpaired) electrons. The standard InChI is InChI=1S/C16H15F4N3O2/c17-11-5-8(1-2-10(11)16(18,19)20)6-14(15(24)25)22-12-3-4-13-9(12)7-21-23-13/h1-2,5,7,12,14,22H,3-4,6H2,(H,21,23)(H,24,25)/t12-,14+/m1/s1. The number of hydrogen-bond donors (Lipinski definition) is 3. The SMILES string of the molecule is O=C(O)[C@H](Cc1ccc(C(F)(F)F)c(F)c1)N[C@@H]1CCc2[nH]ncc21. The van der Waals surface area contributed by atoms with Gasteiger partial charge in [-0.1, -0.05) is 6.07 Å². The van der Waals surface area contributed by atoms with E-state index in [-0.39, 0.29) is 18.0 Å². The first-order valence-electron chi connectivity index (χ1n) is 7.62. The summed E-state index contributed by atoms with van der Waals surface area (Å²) >= 11 is 0. The van der Waals surface area contributed by atoms with Crippen molar-refractivity contribution in [1.29, 1.82) is 0 Å². The number of carbonyl (C=O) groups is 1. The van der Waals surface area contributed by atoms with Crippen LogP contribution in [0.3, 0.4) is 0 Å². The molecule has 3 N–H and O–H groups in total. The van der Waals surface area contributed by atoms with Crippen molar-refractivity contribution in [1.82, 2.24) is 15.5 Å². The lowest BCUT2D eigenvalue weighted by Gasteiger charge is -2.20. The molecule has 0 unspecified atom stereocenters. The molecular weight excluding hydrogens is 342 g/mol. The highest BCUT2D eigenvalue weighted by Crippen LogP contribution is 2.32. The molecule has 1 aromatic heterocycles. The van der Waals surface area contributed by atoms with Gasteiger partial charge in [0, 0.05) is 17.3 Å². The van der Waals surface area contributed by atoms with Crippen LogP contribution in [0.5, 0.6) is 0 Å². The van der Waals surface area contributed by atoms with Gasteiger partial charge in [-0.3, -0.25) is 15.2 Å². The lowest BCUT2D eigenvalue weighted by molar-refractivity contribution is -0.141. The molecule has 1 aliphatic rings. The van der Waals surface area contributed by atoms with Gasteiger partial charge in [0.15, 0.2) is 0 Å². The van der Waals surface area contributed by atoms with E-state index in [0.29, 0.717) is 12.5 Å². The average molecular weight is 357 g/mol. The fourth-order valence-corrected chi connectivity index (χ4v) is 3.05. The molecule has 2 aromatic rings. The first-order valence-corrected chi connectivity index (χ1v) is 7.62. The molecule has 0 amide bonds. The number of rotatable bonds is 5. The Morgan fingerprint density at radius 3 is 2.84 bits per heavy atom. The second-order valence-electron chi connectivity index (χ2n) is 5.97. The zero-order valence-electron chi connectivity index (χ0n) is 12.9. The molecule has 9 heteroatoms. The van der Waals surface area contributed by atoms with E-state index >= 15 is 0 Å². The molecule has 1 aliphatic carbocycles. The van der Waals surface area contributed by atoms with Crippen LogP contribution in [0.25, 0.3) is 0 Å². The van der Waals surface area contributed by atoms with Gasteiger partial charge >= 0.3 is 12.1 Å². The van der Waals surface area contributed by atoms with Gasteiger partial charge in [-0.25, -0.2) is 4.39 Å². The minimum atomic E-state index is -4.78. The van der Waals surface area contributed by atoms with Gasteiger partial charge in [-0.05, 0) is 37.0 Å². The van der Waals surface area contributed by atoms with E-state index in [1.54, 1.807) is 6.20 Å². The summed E-state index contributed by atoms with van der Waals surface area (Å²) in [6.07, 6.45) is -1.87. The van der Waals surface area contributed by atoms with E-state index in [2.05, 4.69) is 15.5 Å². The third-order valence-electron chi connectivity index (χ3n) is 4.29. The third kappa shape index (κ3) is 3.65. The summed E-state index contributed by atoms with van der Waals surface area (Å²) in [7, 11) is 0. The largest absolute Gasteiger partial charge is 0.480 e. The number of nitrogens with one attached hydrogen (secondary N) is 2. The van der Waals surface area contributed by atoms with Gasteiger partial charge in [0.05, 0.1) is 11.8 Å². The first-order chi connectivity index (χ1) is 11.8. The highest BCUT2D eigenvalue weighted by molar-refractivity contribution is 5.74. The van der Waals surface area contributed by atoms with Crippen LogP contribution in [0.15, 0.2) is 24.4 Å². The van der Waals surface area contributed by atoms with E-state index in [0.717, 1.165) is 29.8 Å². The second-order valence-corrected chi connectivity index (χ2v) is 5.97. The minimum Gasteiger partial charge on any atom is -0.480 e. The molecule has 1 aromatic carbocycles. The molecule has 2 atom stereocenters. The number of fused-ring (bicyclic) bond motifs is 1. The summed E-state index contributed by atoms with van der Waals surface area (Å²) in [6, 6.07) is 1.20. The summed E-state index contributed by atoms with van der Waals surface area (Å²) in [5, 5.41) is 19.1. The smallest absolute Gasteiger partial charge is 0.419 e. The Kier molecular flexibility index (Phi) is 4.51. The minimum absolute atomic E-state index is 0.131. The maximum absolute atomic E-state index is 13.7. The number of carboxylic acids is 1. The Labute approximate surface area is 140 Å². The quantitative estimate of drug-likeness (QED) is 0.719. The van der Waals surface area contributed by atoms with Crippen LogP contribution in [0, 0.1) is 5.82 Å². The van der Waals surface area contributed by atoms with Gasteiger partial charge in [-0.15, -0.1) is 0 Å². The summed E-state index contributed by atoms with van der Waals surface area (Å²) in [4.78, 5) is 11.5. The third-order valence-corrected chi connectivity index (χ3v) is 4.29. The number of nitrogens with zero attached hydrogens (tertiary/aromatic N) is 1. The van der Waals surface area contributed by atoms with Crippen molar-refractivity contribution >= 4 is 5.97 Å². The van der Waals surface area contributed by atoms with Crippen molar-refractivity contribution in [2.45, 2.75) is 37.5 Å². The Balaban J connectivity index is 1.75. The van der Waals surface area contributed by atoms with E-state index < -0.39 is 29.6 Å². The van der Waals surface area contributed by atoms with Crippen molar-refractivity contribution in [2.75, 3.05) is 0 Å². The molecular formula is C16H15F4N3O2. The highest BCUT2D eigenvalue weighted by Gasteiger charge is 2.34. The van der Waals surface area contributed by atoms with Gasteiger partial charge in [0.25, 0.3) is 0 Å². The Morgan fingerprint density at radius 1 is 1.44 bits per heavy atom. The Morgan fingerprint density at radius 2 is 2.20 bits per heavy atom. The fraction of sp³-hybridized carbons (Fsp3) is 0.375. The number of aromatic nitrogens is 2. The average Bonchev–Trinajstić information content (AvgIpc) is 3.10. The molecule has 3 rings (SSSR count). The molecule has 0 saturated heterocycles. The lowest BCUT2D eigenvalue weighted by Crippen LogP contribution is -2.40. The van der Waals surface area contributed by atoms with Crippen LogP contribution in [-0.4, -0.2) is 27.3 Å². The molecule has 25 heavy (non-hydrogen) atoms. The van der Waals surface area contributed by atoms with Crippen LogP contribution in [0.1, 0.15) is 34.8 Å². The van der Waals surface area contributed by atoms with Crippen molar-refractivity contribution in [3.8, 4) is 0 Å². The van der Waals surface area contributed by atoms with Crippen molar-refractivity contribution in [3.05, 3.63) is 52.6 Å². The Bertz CT molecular complexity index is 788. The molecule has 1 heterocycles. The van der Waals surface area contributed by atoms with Crippen molar-refractivity contribution in [2.24, 2.45) is 0 Å². The number of aromatic amines is 1. The fourth-order valence-electron chi connectivity index (χ4n) is 3.05. The summed E-state index contributed by atoms with van der Waals surface area (Å²) in [6.45, 7) is 0. The summed E-state index contributed by atoms with van der Waals surface area (Å²) in [5.41, 5.74) is 0.623. The van der Waals surface area contributed by atoms with Crippen LogP contribution in [0.4, 0.5) is 17.6 Å². The number of carboxylic acid groups (broad SMARTS) is 1. The second kappa shape index (κ2) is 6.47. The van der Waals surface area contributed by atoms with E-state index in [4.69, 9.17) is 0 Å². The molecule has 0 saturated carbocycles. The lowest BCUT2D eigenvalue weighted by atomic mass is 10.0. The zero-order valence-corrected chi connectivity index (χ0v) is 12.9. The topological polar surface area (TPSA) is 78.0 Å². The maximum Gasteiger partial charge on any atom is 0.419 e. The van der Waals surface area contributed by atoms with Gasteiger partial charge < -0.3 is 5.11 Å². The van der Waals surface area contributed by atoms with Crippen molar-refractivity contribution < 1.29 is 27.5 Å². The normalized spacial score (nSPS) is 18.2. The Hall–Kier alpha value is -2.42. The van der Waals surface area contributed by atoms with Gasteiger partial charge in [-0.2, -0.15) is 18.3 Å². The number of hydrogen-bond acceptors (Lipinski definition) is 3. The zero-order chi connectivity index (χ0) is 18.2. The highest BCUT2D eigenvalue weighted by atomic mass is 19.4. The molecule has 134 valence electrons. The number of H-pyrrole nitrogens is 1. The van der Waals surface area contributed by atoms with Crippen LogP contribution in [0.2, 0.25) is 0 Å².